The molecule has 14 heavy (non-hydrogen) atoms. The quantitative estimate of drug-likeness (QED) is 0.714. The summed E-state index contributed by atoms with van der Waals surface area (Å²) in [5, 5.41) is 0. The second-order valence-electron chi connectivity index (χ2n) is 4.80. The normalized spacial score (nSPS) is 16.7. The smallest absolute Gasteiger partial charge is 0.0326 e. The van der Waals surface area contributed by atoms with Gasteiger partial charge in [-0.3, -0.25) is 4.90 Å². The largest absolute Gasteiger partial charge is 0.329 e. The zero-order valence-corrected chi connectivity index (χ0v) is 10.8. The number of likely N-dealkylation sites (N-methyl/N-ethyl adjacent to an activating group) is 1. The summed E-state index contributed by atoms with van der Waals surface area (Å²) < 4.78 is 0. The number of rotatable bonds is 6. The first kappa shape index (κ1) is 13.9. The Hall–Kier alpha value is -0.0800. The van der Waals surface area contributed by atoms with Crippen LogP contribution in [0.4, 0.5) is 0 Å². The summed E-state index contributed by atoms with van der Waals surface area (Å²) in [4.78, 5) is 2.47. The lowest BCUT2D eigenvalue weighted by atomic mass is 9.85. The van der Waals surface area contributed by atoms with Crippen LogP contribution in [0.15, 0.2) is 0 Å². The number of nitrogens with two attached hydrogens (primary N) is 1. The minimum absolute atomic E-state index is 0.136. The Morgan fingerprint density at radius 3 is 1.86 bits per heavy atom. The molecule has 0 aliphatic rings. The van der Waals surface area contributed by atoms with Gasteiger partial charge >= 0.3 is 0 Å². The van der Waals surface area contributed by atoms with E-state index in [2.05, 4.69) is 46.6 Å². The maximum Gasteiger partial charge on any atom is 0.0326 e. The van der Waals surface area contributed by atoms with Crippen LogP contribution in [0.2, 0.25) is 0 Å². The summed E-state index contributed by atoms with van der Waals surface area (Å²) in [6.45, 7) is 12.0. The van der Waals surface area contributed by atoms with E-state index in [4.69, 9.17) is 5.73 Å². The van der Waals surface area contributed by atoms with Crippen LogP contribution in [0, 0.1) is 5.92 Å². The van der Waals surface area contributed by atoms with Crippen molar-refractivity contribution in [2.45, 2.75) is 59.0 Å². The first-order valence-electron chi connectivity index (χ1n) is 5.86. The highest BCUT2D eigenvalue weighted by atomic mass is 15.2. The van der Waals surface area contributed by atoms with Crippen molar-refractivity contribution in [1.29, 1.82) is 0 Å². The van der Waals surface area contributed by atoms with Crippen LogP contribution in [0.25, 0.3) is 0 Å². The highest BCUT2D eigenvalue weighted by Gasteiger charge is 2.34. The van der Waals surface area contributed by atoms with Gasteiger partial charge in [-0.25, -0.2) is 0 Å². The van der Waals surface area contributed by atoms with E-state index in [0.29, 0.717) is 12.0 Å². The minimum Gasteiger partial charge on any atom is -0.329 e. The molecule has 0 bridgehead atoms. The van der Waals surface area contributed by atoms with Gasteiger partial charge in [0.2, 0.25) is 0 Å². The van der Waals surface area contributed by atoms with Gasteiger partial charge in [0.15, 0.2) is 0 Å². The van der Waals surface area contributed by atoms with Crippen molar-refractivity contribution in [2.75, 3.05) is 13.6 Å². The van der Waals surface area contributed by atoms with E-state index in [0.717, 1.165) is 6.54 Å². The van der Waals surface area contributed by atoms with Crippen molar-refractivity contribution < 1.29 is 0 Å². The molecule has 0 saturated carbocycles. The van der Waals surface area contributed by atoms with Crippen LogP contribution in [-0.2, 0) is 0 Å². The van der Waals surface area contributed by atoms with Crippen LogP contribution in [0.5, 0.6) is 0 Å². The molecule has 2 nitrogen and oxygen atoms in total. The highest BCUT2D eigenvalue weighted by molar-refractivity contribution is 4.91. The van der Waals surface area contributed by atoms with Crippen molar-refractivity contribution in [1.82, 2.24) is 4.90 Å². The zero-order chi connectivity index (χ0) is 11.4. The lowest BCUT2D eigenvalue weighted by Gasteiger charge is -2.45. The van der Waals surface area contributed by atoms with Crippen molar-refractivity contribution in [3.8, 4) is 0 Å². The second kappa shape index (κ2) is 5.72. The van der Waals surface area contributed by atoms with Gasteiger partial charge in [0.05, 0.1) is 0 Å². The monoisotopic (exact) mass is 200 g/mol. The molecule has 0 fully saturated rings. The topological polar surface area (TPSA) is 29.3 Å². The highest BCUT2D eigenvalue weighted by Crippen LogP contribution is 2.26. The molecule has 1 unspecified atom stereocenters. The molecule has 0 radical (unpaired) electrons. The Bertz CT molecular complexity index is 152. The van der Waals surface area contributed by atoms with E-state index in [9.17, 15) is 0 Å². The maximum absolute atomic E-state index is 5.91. The van der Waals surface area contributed by atoms with E-state index in [1.807, 2.05) is 0 Å². The van der Waals surface area contributed by atoms with Gasteiger partial charge in [-0.05, 0) is 32.7 Å². The number of hydrogen-bond donors (Lipinski definition) is 1. The van der Waals surface area contributed by atoms with Gasteiger partial charge in [-0.15, -0.1) is 0 Å². The zero-order valence-electron chi connectivity index (χ0n) is 10.8. The molecule has 2 heteroatoms. The van der Waals surface area contributed by atoms with E-state index in [-0.39, 0.29) is 5.54 Å². The van der Waals surface area contributed by atoms with Gasteiger partial charge in [-0.2, -0.15) is 0 Å². The van der Waals surface area contributed by atoms with E-state index in [1.54, 1.807) is 0 Å². The lowest BCUT2D eigenvalue weighted by molar-refractivity contribution is 0.0488. The Kier molecular flexibility index (Phi) is 5.68. The van der Waals surface area contributed by atoms with Gasteiger partial charge in [0.25, 0.3) is 0 Å². The molecule has 0 amide bonds. The average Bonchev–Trinajstić information content (AvgIpc) is 2.17. The molecule has 0 spiro atoms. The number of hydrogen-bond acceptors (Lipinski definition) is 2. The fraction of sp³-hybridized carbons (Fsp3) is 1.00. The molecule has 0 heterocycles. The maximum atomic E-state index is 5.91. The SMILES string of the molecule is CCC(CC)N(C)C(C)(CN)C(C)C. The molecule has 0 aromatic rings. The summed E-state index contributed by atoms with van der Waals surface area (Å²) in [5.41, 5.74) is 6.05. The summed E-state index contributed by atoms with van der Waals surface area (Å²) in [7, 11) is 2.21. The Morgan fingerprint density at radius 2 is 1.64 bits per heavy atom. The van der Waals surface area contributed by atoms with E-state index in [1.165, 1.54) is 12.8 Å². The fourth-order valence-electron chi connectivity index (χ4n) is 2.04. The first-order valence-corrected chi connectivity index (χ1v) is 5.86. The second-order valence-corrected chi connectivity index (χ2v) is 4.80. The van der Waals surface area contributed by atoms with Crippen LogP contribution in [0.3, 0.4) is 0 Å². The molecule has 2 N–H and O–H groups in total. The van der Waals surface area contributed by atoms with Crippen molar-refractivity contribution >= 4 is 0 Å². The Labute approximate surface area is 89.9 Å². The van der Waals surface area contributed by atoms with Crippen LogP contribution in [-0.4, -0.2) is 30.1 Å². The van der Waals surface area contributed by atoms with Crippen molar-refractivity contribution in [3.05, 3.63) is 0 Å². The summed E-state index contributed by atoms with van der Waals surface area (Å²) in [5.74, 6) is 0.595. The molecule has 0 saturated heterocycles. The molecular formula is C12H28N2. The summed E-state index contributed by atoms with van der Waals surface area (Å²) >= 11 is 0. The standard InChI is InChI=1S/C12H28N2/c1-7-11(8-2)14(6)12(5,9-13)10(3)4/h10-11H,7-9,13H2,1-6H3. The molecule has 0 rings (SSSR count). The fourth-order valence-corrected chi connectivity index (χ4v) is 2.04. The molecule has 1 atom stereocenters. The first-order chi connectivity index (χ1) is 6.43. The summed E-state index contributed by atoms with van der Waals surface area (Å²) in [6.07, 6.45) is 2.41. The molecule has 0 aliphatic carbocycles. The number of nitrogens with zero attached hydrogens (tertiary/aromatic N) is 1. The Balaban J connectivity index is 4.66. The predicted octanol–water partition coefficient (Wildman–Crippen LogP) is 2.48. The third kappa shape index (κ3) is 2.71. The van der Waals surface area contributed by atoms with Crippen LogP contribution < -0.4 is 5.73 Å². The third-order valence-electron chi connectivity index (χ3n) is 3.95. The Morgan fingerprint density at radius 1 is 1.21 bits per heavy atom. The van der Waals surface area contributed by atoms with Crippen LogP contribution in [0.1, 0.15) is 47.5 Å². The molecule has 0 aromatic heterocycles. The molecule has 86 valence electrons. The van der Waals surface area contributed by atoms with Gasteiger partial charge in [0, 0.05) is 18.1 Å². The van der Waals surface area contributed by atoms with Gasteiger partial charge in [0.1, 0.15) is 0 Å². The lowest BCUT2D eigenvalue weighted by Crippen LogP contribution is -2.56. The van der Waals surface area contributed by atoms with Gasteiger partial charge < -0.3 is 5.73 Å². The third-order valence-corrected chi connectivity index (χ3v) is 3.95. The summed E-state index contributed by atoms with van der Waals surface area (Å²) in [6, 6.07) is 0.658. The minimum atomic E-state index is 0.136. The van der Waals surface area contributed by atoms with Gasteiger partial charge in [-0.1, -0.05) is 27.7 Å². The van der Waals surface area contributed by atoms with E-state index < -0.39 is 0 Å². The van der Waals surface area contributed by atoms with Crippen molar-refractivity contribution in [2.24, 2.45) is 11.7 Å². The predicted molar refractivity (Wildman–Crippen MR) is 64.4 cm³/mol. The van der Waals surface area contributed by atoms with Crippen molar-refractivity contribution in [3.63, 3.8) is 0 Å². The molecule has 0 aliphatic heterocycles. The molecule has 0 aromatic carbocycles. The molecular weight excluding hydrogens is 172 g/mol. The van der Waals surface area contributed by atoms with Crippen LogP contribution >= 0.6 is 0 Å². The van der Waals surface area contributed by atoms with E-state index >= 15 is 0 Å². The average molecular weight is 200 g/mol.